The van der Waals surface area contributed by atoms with Crippen LogP contribution in [0.1, 0.15) is 12.8 Å². The van der Waals surface area contributed by atoms with Gasteiger partial charge in [-0.3, -0.25) is 4.79 Å². The minimum absolute atomic E-state index is 0.104. The van der Waals surface area contributed by atoms with E-state index in [-0.39, 0.29) is 18.7 Å². The summed E-state index contributed by atoms with van der Waals surface area (Å²) in [6.45, 7) is 0. The lowest BCUT2D eigenvalue weighted by Gasteiger charge is -2.06. The predicted octanol–water partition coefficient (Wildman–Crippen LogP) is 0.885. The Balaban J connectivity index is 2.24. The summed E-state index contributed by atoms with van der Waals surface area (Å²) in [6.07, 6.45) is 1.36. The standard InChI is InChI=1S/C13H11BrN2O3/c14-9-3-4-10(13-8(9)2-1-7-15-13)16-11(17)5-6-12(18)19/h1-4,7H,5-6H2,(H,16,17)(H,18,19). The van der Waals surface area contributed by atoms with Crippen molar-refractivity contribution < 1.29 is 19.7 Å². The minimum Gasteiger partial charge on any atom is -0.550 e. The molecule has 2 N–H and O–H groups in total. The average molecular weight is 323 g/mol. The highest BCUT2D eigenvalue weighted by molar-refractivity contribution is 9.10. The smallest absolute Gasteiger partial charge is 0.235 e. The molecule has 0 atom stereocenters. The molecule has 98 valence electrons. The number of carboxylic acids is 1. The molecular formula is C13H11BrN2O3. The second-order valence-electron chi connectivity index (χ2n) is 3.97. The topological polar surface area (TPSA) is 83.4 Å². The van der Waals surface area contributed by atoms with E-state index in [2.05, 4.69) is 26.2 Å². The normalized spacial score (nSPS) is 10.4. The first-order valence-electron chi connectivity index (χ1n) is 5.66. The van der Waals surface area contributed by atoms with E-state index in [0.29, 0.717) is 5.69 Å². The number of aromatic nitrogens is 1. The zero-order chi connectivity index (χ0) is 13.8. The van der Waals surface area contributed by atoms with Gasteiger partial charge in [-0.05, 0) is 40.5 Å². The van der Waals surface area contributed by atoms with Crippen molar-refractivity contribution in [2.24, 2.45) is 0 Å². The molecule has 5 nitrogen and oxygen atoms in total. The van der Waals surface area contributed by atoms with Crippen LogP contribution in [0.4, 0.5) is 5.69 Å². The van der Waals surface area contributed by atoms with Crippen LogP contribution in [0.5, 0.6) is 0 Å². The molecule has 1 heterocycles. The van der Waals surface area contributed by atoms with E-state index in [1.165, 1.54) is 0 Å². The van der Waals surface area contributed by atoms with Crippen molar-refractivity contribution in [2.45, 2.75) is 12.8 Å². The molecule has 1 aromatic heterocycles. The highest BCUT2D eigenvalue weighted by Gasteiger charge is 2.12. The number of anilines is 1. The fourth-order valence-electron chi connectivity index (χ4n) is 1.72. The molecule has 0 aliphatic heterocycles. The molecule has 0 radical (unpaired) electrons. The third kappa shape index (κ3) is 3.29. The van der Waals surface area contributed by atoms with E-state index >= 15 is 0 Å². The van der Waals surface area contributed by atoms with Crippen molar-refractivity contribution in [1.29, 1.82) is 0 Å². The number of benzene rings is 1. The molecule has 0 aliphatic rings. The second kappa shape index (κ2) is 5.79. The van der Waals surface area contributed by atoms with Crippen molar-refractivity contribution in [2.75, 3.05) is 5.32 Å². The first kappa shape index (κ1) is 13.5. The van der Waals surface area contributed by atoms with Crippen LogP contribution in [0, 0.1) is 0 Å². The van der Waals surface area contributed by atoms with Gasteiger partial charge in [0.2, 0.25) is 11.4 Å². The van der Waals surface area contributed by atoms with E-state index < -0.39 is 5.97 Å². The van der Waals surface area contributed by atoms with Crippen LogP contribution in [0.2, 0.25) is 0 Å². The van der Waals surface area contributed by atoms with Crippen LogP contribution in [0.25, 0.3) is 10.9 Å². The summed E-state index contributed by atoms with van der Waals surface area (Å²) in [5, 5.41) is 13.9. The number of carboxylic acid groups (broad SMARTS) is 1. The van der Waals surface area contributed by atoms with Gasteiger partial charge in [0.15, 0.2) is 6.20 Å². The summed E-state index contributed by atoms with van der Waals surface area (Å²) < 4.78 is 0.909. The Bertz CT molecular complexity index is 643. The van der Waals surface area contributed by atoms with Crippen LogP contribution < -0.4 is 15.4 Å². The van der Waals surface area contributed by atoms with Crippen LogP contribution in [0.3, 0.4) is 0 Å². The first-order chi connectivity index (χ1) is 9.08. The van der Waals surface area contributed by atoms with Gasteiger partial charge in [0.25, 0.3) is 0 Å². The number of halogens is 1. The molecule has 0 unspecified atom stereocenters. The van der Waals surface area contributed by atoms with Gasteiger partial charge in [0.1, 0.15) is 5.69 Å². The molecule has 0 fully saturated rings. The van der Waals surface area contributed by atoms with Crippen LogP contribution >= 0.6 is 15.9 Å². The first-order valence-corrected chi connectivity index (χ1v) is 6.46. The number of carbonyl (C=O) groups is 2. The summed E-state index contributed by atoms with van der Waals surface area (Å²) in [7, 11) is 0. The average Bonchev–Trinajstić information content (AvgIpc) is 2.40. The van der Waals surface area contributed by atoms with E-state index in [9.17, 15) is 14.7 Å². The maximum absolute atomic E-state index is 11.6. The summed E-state index contributed by atoms with van der Waals surface area (Å²) in [5.41, 5.74) is 1.39. The number of hydrogen-bond donors (Lipinski definition) is 1. The van der Waals surface area contributed by atoms with Gasteiger partial charge in [-0.1, -0.05) is 0 Å². The molecule has 0 saturated heterocycles. The number of aromatic amines is 1. The maximum Gasteiger partial charge on any atom is 0.235 e. The Labute approximate surface area is 117 Å². The molecule has 19 heavy (non-hydrogen) atoms. The number of pyridine rings is 1. The molecule has 2 rings (SSSR count). The van der Waals surface area contributed by atoms with Gasteiger partial charge < -0.3 is 15.2 Å². The van der Waals surface area contributed by atoms with Gasteiger partial charge >= 0.3 is 0 Å². The third-order valence-electron chi connectivity index (χ3n) is 2.61. The van der Waals surface area contributed by atoms with Gasteiger partial charge in [0, 0.05) is 22.9 Å². The van der Waals surface area contributed by atoms with Crippen LogP contribution in [-0.4, -0.2) is 11.9 Å². The maximum atomic E-state index is 11.6. The largest absolute Gasteiger partial charge is 0.550 e. The molecule has 1 amide bonds. The minimum atomic E-state index is -1.23. The summed E-state index contributed by atoms with van der Waals surface area (Å²) >= 11 is 3.43. The molecule has 6 heteroatoms. The van der Waals surface area contributed by atoms with Crippen molar-refractivity contribution in [3.8, 4) is 0 Å². The highest BCUT2D eigenvalue weighted by atomic mass is 79.9. The Kier molecular flexibility index (Phi) is 4.11. The molecule has 1 aromatic carbocycles. The number of hydrogen-bond acceptors (Lipinski definition) is 3. The lowest BCUT2D eigenvalue weighted by Crippen LogP contribution is -2.24. The molecule has 0 bridgehead atoms. The zero-order valence-electron chi connectivity index (χ0n) is 9.90. The second-order valence-corrected chi connectivity index (χ2v) is 4.83. The number of nitrogens with one attached hydrogen (secondary N) is 2. The Morgan fingerprint density at radius 1 is 1.26 bits per heavy atom. The van der Waals surface area contributed by atoms with Gasteiger partial charge in [0.05, 0.1) is 5.39 Å². The number of aliphatic carboxylic acids is 1. The summed E-state index contributed by atoms with van der Waals surface area (Å²) in [5.74, 6) is -1.59. The van der Waals surface area contributed by atoms with Gasteiger partial charge in [-0.25, -0.2) is 4.98 Å². The monoisotopic (exact) mass is 322 g/mol. The number of amides is 1. The zero-order valence-corrected chi connectivity index (χ0v) is 11.5. The van der Waals surface area contributed by atoms with Gasteiger partial charge in [-0.15, -0.1) is 0 Å². The molecule has 0 aliphatic carbocycles. The van der Waals surface area contributed by atoms with Crippen molar-refractivity contribution in [1.82, 2.24) is 0 Å². The number of H-pyrrole nitrogens is 1. The lowest BCUT2D eigenvalue weighted by atomic mass is 10.2. The van der Waals surface area contributed by atoms with Crippen molar-refractivity contribution in [3.05, 3.63) is 34.9 Å². The Hall–Kier alpha value is -1.95. The fourth-order valence-corrected chi connectivity index (χ4v) is 2.18. The third-order valence-corrected chi connectivity index (χ3v) is 3.30. The highest BCUT2D eigenvalue weighted by Crippen LogP contribution is 2.26. The summed E-state index contributed by atoms with van der Waals surface area (Å²) in [6, 6.07) is 7.34. The molecular weight excluding hydrogens is 312 g/mol. The number of rotatable bonds is 4. The lowest BCUT2D eigenvalue weighted by molar-refractivity contribution is -0.344. The van der Waals surface area contributed by atoms with E-state index in [0.717, 1.165) is 15.4 Å². The Morgan fingerprint density at radius 2 is 2.05 bits per heavy atom. The molecule has 2 aromatic rings. The van der Waals surface area contributed by atoms with Crippen LogP contribution in [0.15, 0.2) is 34.9 Å². The molecule has 0 spiro atoms. The fraction of sp³-hybridized carbons (Fsp3) is 0.154. The number of fused-ring (bicyclic) bond motifs is 1. The van der Waals surface area contributed by atoms with Crippen molar-refractivity contribution >= 4 is 44.4 Å². The summed E-state index contributed by atoms with van der Waals surface area (Å²) in [4.78, 5) is 25.0. The predicted molar refractivity (Wildman–Crippen MR) is 71.1 cm³/mol. The van der Waals surface area contributed by atoms with E-state index in [4.69, 9.17) is 0 Å². The SMILES string of the molecule is O=C([O-])CCC(=O)Nc1ccc(Br)c2ccc[nH+]c12. The molecule has 0 saturated carbocycles. The quantitative estimate of drug-likeness (QED) is 0.907. The van der Waals surface area contributed by atoms with Crippen LogP contribution in [-0.2, 0) is 9.59 Å². The number of carbonyl (C=O) groups excluding carboxylic acids is 2. The van der Waals surface area contributed by atoms with Crippen molar-refractivity contribution in [3.63, 3.8) is 0 Å². The van der Waals surface area contributed by atoms with E-state index in [1.807, 2.05) is 18.2 Å². The Morgan fingerprint density at radius 3 is 2.79 bits per heavy atom. The van der Waals surface area contributed by atoms with Gasteiger partial charge in [-0.2, -0.15) is 0 Å². The van der Waals surface area contributed by atoms with E-state index in [1.54, 1.807) is 12.3 Å².